The van der Waals surface area contributed by atoms with Crippen LogP contribution in [0.1, 0.15) is 58.2 Å². The van der Waals surface area contributed by atoms with E-state index in [4.69, 9.17) is 0 Å². The third-order valence-corrected chi connectivity index (χ3v) is 17.0. The van der Waals surface area contributed by atoms with Gasteiger partial charge in [-0.2, -0.15) is 0 Å². The number of rotatable bonds is 2. The number of aromatic nitrogens is 1. The second-order valence-corrected chi connectivity index (χ2v) is 22.8. The summed E-state index contributed by atoms with van der Waals surface area (Å²) in [7, 11) is 0. The van der Waals surface area contributed by atoms with Crippen LogP contribution >= 0.6 is 22.7 Å². The number of para-hydroxylation sites is 1. The van der Waals surface area contributed by atoms with E-state index in [0.717, 1.165) is 0 Å². The van der Waals surface area contributed by atoms with Gasteiger partial charge in [0.1, 0.15) is 0 Å². The van der Waals surface area contributed by atoms with E-state index in [1.807, 2.05) is 22.7 Å². The minimum Gasteiger partial charge on any atom is -0.309 e. The van der Waals surface area contributed by atoms with Gasteiger partial charge in [0.25, 0.3) is 6.71 Å². The predicted molar refractivity (Wildman–Crippen MR) is 284 cm³/mol. The van der Waals surface area contributed by atoms with Crippen LogP contribution in [0.25, 0.3) is 68.9 Å². The van der Waals surface area contributed by atoms with Crippen LogP contribution in [0.4, 0.5) is 34.1 Å². The molecule has 0 atom stereocenters. The molecule has 0 bridgehead atoms. The highest BCUT2D eigenvalue weighted by atomic mass is 32.1. The smallest absolute Gasteiger partial charge is 0.264 e. The van der Waals surface area contributed by atoms with Gasteiger partial charge in [0, 0.05) is 52.5 Å². The molecule has 0 spiro atoms. The van der Waals surface area contributed by atoms with Gasteiger partial charge in [-0.25, -0.2) is 0 Å². The minimum absolute atomic E-state index is 0.0263. The number of hydrogen-bond donors (Lipinski definition) is 0. The first-order valence-electron chi connectivity index (χ1n) is 23.0. The quantitative estimate of drug-likeness (QED) is 0.160. The second kappa shape index (κ2) is 12.8. The molecular weight excluding hydrogens is 826 g/mol. The standard InChI is InChI=1S/C59H46BN3S2/c1-33-27-47-52-48(28-33)63-49-32-37(59(5,6)7)31-41-40-30-36(58(2,3)4)24-25-44(40)61(53(41)49)45-20-14-19-43(55(45)63)60(52)57-54(42-29-35(23-26-51(42)65-57)34-15-9-8-10-16-34)62(47)46-21-13-18-39-38-17-11-12-22-50(38)64-56(39)46/h8-32H,1-7H3. The number of nitrogens with zero attached hydrogens (tertiary/aromatic N) is 3. The highest BCUT2D eigenvalue weighted by Gasteiger charge is 2.48. The molecule has 0 radical (unpaired) electrons. The molecule has 0 amide bonds. The van der Waals surface area contributed by atoms with Gasteiger partial charge in [0.15, 0.2) is 0 Å². The fraction of sp³-hybridized carbons (Fsp3) is 0.153. The first-order valence-corrected chi connectivity index (χ1v) is 24.6. The Bertz CT molecular complexity index is 3890. The Labute approximate surface area is 387 Å². The van der Waals surface area contributed by atoms with Gasteiger partial charge in [-0.05, 0) is 123 Å². The first kappa shape index (κ1) is 37.7. The third kappa shape index (κ3) is 5.07. The van der Waals surface area contributed by atoms with Crippen LogP contribution in [-0.2, 0) is 10.8 Å². The monoisotopic (exact) mass is 871 g/mol. The molecule has 3 aliphatic heterocycles. The number of aryl methyl sites for hydroxylation is 1. The van der Waals surface area contributed by atoms with Crippen LogP contribution in [0.3, 0.4) is 0 Å². The molecule has 6 heteroatoms. The summed E-state index contributed by atoms with van der Waals surface area (Å²) in [5.41, 5.74) is 20.6. The number of fused-ring (bicyclic) bond motifs is 14. The topological polar surface area (TPSA) is 11.4 Å². The lowest BCUT2D eigenvalue weighted by Gasteiger charge is -2.45. The Balaban J connectivity index is 1.13. The average molecular weight is 872 g/mol. The summed E-state index contributed by atoms with van der Waals surface area (Å²) in [5.74, 6) is 0. The van der Waals surface area contributed by atoms with Gasteiger partial charge in [-0.3, -0.25) is 0 Å². The Morgan fingerprint density at radius 2 is 1.15 bits per heavy atom. The van der Waals surface area contributed by atoms with E-state index < -0.39 is 0 Å². The van der Waals surface area contributed by atoms with Crippen molar-refractivity contribution in [2.75, 3.05) is 9.80 Å². The van der Waals surface area contributed by atoms with Crippen molar-refractivity contribution in [1.82, 2.24) is 4.57 Å². The summed E-state index contributed by atoms with van der Waals surface area (Å²) in [6, 6.07) is 58.3. The van der Waals surface area contributed by atoms with Crippen molar-refractivity contribution in [3.63, 3.8) is 0 Å². The third-order valence-electron chi connectivity index (χ3n) is 14.6. The Morgan fingerprint density at radius 1 is 0.462 bits per heavy atom. The molecular formula is C59H46BN3S2. The number of thiophene rings is 2. The van der Waals surface area contributed by atoms with E-state index in [1.54, 1.807) is 0 Å². The van der Waals surface area contributed by atoms with E-state index in [2.05, 4.69) is 214 Å². The van der Waals surface area contributed by atoms with E-state index in [-0.39, 0.29) is 17.5 Å². The first-order chi connectivity index (χ1) is 31.4. The molecule has 3 aliphatic rings. The molecule has 0 aliphatic carbocycles. The SMILES string of the molecule is Cc1cc2c3c(c1)N1c4c(cccc4-n4c5ccc(C(C)(C)C)cc5c5cc(C(C)(C)C)cc1c54)B3c1sc3ccc(-c4ccccc4)cc3c1N2c1cccc2c1sc1ccccc12. The van der Waals surface area contributed by atoms with Crippen LogP contribution in [-0.4, -0.2) is 11.3 Å². The second-order valence-electron chi connectivity index (χ2n) is 20.6. The van der Waals surface area contributed by atoms with E-state index in [1.165, 1.54) is 135 Å². The van der Waals surface area contributed by atoms with Gasteiger partial charge in [0.2, 0.25) is 0 Å². The van der Waals surface area contributed by atoms with Gasteiger partial charge in [0.05, 0.1) is 44.2 Å². The molecule has 3 aromatic heterocycles. The highest BCUT2D eigenvalue weighted by Crippen LogP contribution is 2.56. The summed E-state index contributed by atoms with van der Waals surface area (Å²) in [6.45, 7) is 16.4. The lowest BCUT2D eigenvalue weighted by Crippen LogP contribution is -2.61. The summed E-state index contributed by atoms with van der Waals surface area (Å²) in [4.78, 5) is 5.35. The summed E-state index contributed by atoms with van der Waals surface area (Å²) >= 11 is 3.90. The molecule has 0 unspecified atom stereocenters. The van der Waals surface area contributed by atoms with E-state index in [0.29, 0.717) is 0 Å². The molecule has 65 heavy (non-hydrogen) atoms. The normalized spacial score (nSPS) is 14.0. The van der Waals surface area contributed by atoms with E-state index >= 15 is 0 Å². The van der Waals surface area contributed by atoms with Crippen molar-refractivity contribution in [3.8, 4) is 16.8 Å². The van der Waals surface area contributed by atoms with Gasteiger partial charge in [-0.1, -0.05) is 126 Å². The van der Waals surface area contributed by atoms with Crippen LogP contribution in [0, 0.1) is 6.92 Å². The van der Waals surface area contributed by atoms with Crippen molar-refractivity contribution in [2.24, 2.45) is 0 Å². The van der Waals surface area contributed by atoms with Crippen molar-refractivity contribution >= 4 is 131 Å². The largest absolute Gasteiger partial charge is 0.309 e. The van der Waals surface area contributed by atoms with Crippen LogP contribution in [0.15, 0.2) is 152 Å². The number of benzene rings is 8. The van der Waals surface area contributed by atoms with E-state index in [9.17, 15) is 0 Å². The Morgan fingerprint density at radius 3 is 1.95 bits per heavy atom. The van der Waals surface area contributed by atoms with Gasteiger partial charge in [-0.15, -0.1) is 22.7 Å². The zero-order valence-corrected chi connectivity index (χ0v) is 39.3. The van der Waals surface area contributed by atoms with Crippen molar-refractivity contribution in [1.29, 1.82) is 0 Å². The maximum absolute atomic E-state index is 2.68. The predicted octanol–water partition coefficient (Wildman–Crippen LogP) is 15.3. The number of anilines is 6. The van der Waals surface area contributed by atoms with Gasteiger partial charge < -0.3 is 14.4 Å². The average Bonchev–Trinajstić information content (AvgIpc) is 3.98. The molecule has 8 aromatic carbocycles. The Hall–Kier alpha value is -6.60. The van der Waals surface area contributed by atoms with Crippen molar-refractivity contribution in [3.05, 3.63) is 168 Å². The van der Waals surface area contributed by atoms with Crippen LogP contribution < -0.4 is 25.5 Å². The zero-order valence-electron chi connectivity index (χ0n) is 37.7. The molecule has 6 heterocycles. The number of hydrogen-bond acceptors (Lipinski definition) is 4. The summed E-state index contributed by atoms with van der Waals surface area (Å²) in [5, 5.41) is 6.59. The summed E-state index contributed by atoms with van der Waals surface area (Å²) in [6.07, 6.45) is 0. The molecule has 0 N–H and O–H groups in total. The lowest BCUT2D eigenvalue weighted by atomic mass is 9.36. The van der Waals surface area contributed by atoms with Crippen molar-refractivity contribution < 1.29 is 0 Å². The summed E-state index contributed by atoms with van der Waals surface area (Å²) < 4.78 is 7.96. The molecule has 3 nitrogen and oxygen atoms in total. The van der Waals surface area contributed by atoms with Crippen molar-refractivity contribution in [2.45, 2.75) is 59.3 Å². The highest BCUT2D eigenvalue weighted by molar-refractivity contribution is 7.34. The minimum atomic E-state index is -0.0603. The fourth-order valence-electron chi connectivity index (χ4n) is 11.5. The van der Waals surface area contributed by atoms with Crippen LogP contribution in [0.2, 0.25) is 0 Å². The molecule has 0 fully saturated rings. The molecule has 11 aromatic rings. The van der Waals surface area contributed by atoms with Crippen LogP contribution in [0.5, 0.6) is 0 Å². The zero-order chi connectivity index (χ0) is 43.8. The van der Waals surface area contributed by atoms with Gasteiger partial charge >= 0.3 is 0 Å². The molecule has 312 valence electrons. The molecule has 14 rings (SSSR count). The maximum atomic E-state index is 2.68. The molecule has 0 saturated carbocycles. The lowest BCUT2D eigenvalue weighted by molar-refractivity contribution is 0.590. The Kier molecular flexibility index (Phi) is 7.44. The molecule has 0 saturated heterocycles. The maximum Gasteiger partial charge on any atom is 0.264 e. The fourth-order valence-corrected chi connectivity index (χ4v) is 14.0.